The molecule has 14 heavy (non-hydrogen) atoms. The lowest BCUT2D eigenvalue weighted by atomic mass is 10.1. The molecule has 2 rings (SSSR count). The summed E-state index contributed by atoms with van der Waals surface area (Å²) in [4.78, 5) is 1.36. The third-order valence-corrected chi connectivity index (χ3v) is 3.50. The molecule has 1 nitrogen and oxygen atoms in total. The van der Waals surface area contributed by atoms with Crippen LogP contribution in [0.25, 0.3) is 10.8 Å². The quantitative estimate of drug-likeness (QED) is 0.710. The Morgan fingerprint density at radius 2 is 1.86 bits per heavy atom. The molecule has 72 valence electrons. The van der Waals surface area contributed by atoms with E-state index in [0.717, 1.165) is 5.39 Å². The van der Waals surface area contributed by atoms with Crippen molar-refractivity contribution in [2.24, 2.45) is 0 Å². The van der Waals surface area contributed by atoms with E-state index in [2.05, 4.69) is 18.6 Å². The van der Waals surface area contributed by atoms with Crippen molar-refractivity contribution in [3.63, 3.8) is 0 Å². The molecule has 0 atom stereocenters. The zero-order valence-corrected chi connectivity index (χ0v) is 9.14. The Kier molecular flexibility index (Phi) is 2.38. The molecule has 0 aromatic heterocycles. The van der Waals surface area contributed by atoms with E-state index >= 15 is 0 Å². The van der Waals surface area contributed by atoms with Gasteiger partial charge in [-0.2, -0.15) is 0 Å². The maximum atomic E-state index is 9.36. The van der Waals surface area contributed by atoms with Gasteiger partial charge in [-0.05, 0) is 29.7 Å². The van der Waals surface area contributed by atoms with Crippen molar-refractivity contribution < 1.29 is 5.11 Å². The van der Waals surface area contributed by atoms with E-state index in [-0.39, 0.29) is 10.9 Å². The van der Waals surface area contributed by atoms with E-state index < -0.39 is 0 Å². The van der Waals surface area contributed by atoms with Crippen molar-refractivity contribution in [2.45, 2.75) is 4.90 Å². The third-order valence-electron chi connectivity index (χ3n) is 2.26. The van der Waals surface area contributed by atoms with Crippen molar-refractivity contribution in [3.8, 4) is 5.75 Å². The fourth-order valence-corrected chi connectivity index (χ4v) is 2.57. The van der Waals surface area contributed by atoms with Crippen LogP contribution in [-0.2, 0) is 10.9 Å². The molecule has 2 heteroatoms. The van der Waals surface area contributed by atoms with E-state index in [4.69, 9.17) is 0 Å². The molecule has 0 unspecified atom stereocenters. The van der Waals surface area contributed by atoms with Crippen molar-refractivity contribution in [2.75, 3.05) is 12.5 Å². The predicted octanol–water partition coefficient (Wildman–Crippen LogP) is 2.78. The van der Waals surface area contributed by atoms with Gasteiger partial charge in [0.05, 0.1) is 0 Å². The molecule has 0 aliphatic carbocycles. The molecule has 0 heterocycles. The first-order chi connectivity index (χ1) is 6.68. The van der Waals surface area contributed by atoms with Gasteiger partial charge in [0.25, 0.3) is 0 Å². The standard InChI is InChI=1S/C12H12OS/c1-14(2)12-5-3-4-9-8-10(13)6-7-11(9)12/h3-8H,1-2H3/p+1. The highest BCUT2D eigenvalue weighted by atomic mass is 32.2. The Morgan fingerprint density at radius 3 is 2.57 bits per heavy atom. The number of hydrogen-bond acceptors (Lipinski definition) is 1. The topological polar surface area (TPSA) is 20.2 Å². The number of phenols is 1. The highest BCUT2D eigenvalue weighted by molar-refractivity contribution is 7.95. The summed E-state index contributed by atoms with van der Waals surface area (Å²) in [5, 5.41) is 11.7. The predicted molar refractivity (Wildman–Crippen MR) is 63.1 cm³/mol. The second kappa shape index (κ2) is 3.54. The Bertz CT molecular complexity index is 463. The molecule has 1 N–H and O–H groups in total. The summed E-state index contributed by atoms with van der Waals surface area (Å²) in [6, 6.07) is 11.8. The maximum absolute atomic E-state index is 9.36. The van der Waals surface area contributed by atoms with Crippen molar-refractivity contribution >= 4 is 21.7 Å². The second-order valence-electron chi connectivity index (χ2n) is 3.48. The lowest BCUT2D eigenvalue weighted by molar-refractivity contribution is 0.476. The summed E-state index contributed by atoms with van der Waals surface area (Å²) in [6.07, 6.45) is 4.42. The highest BCUT2D eigenvalue weighted by Gasteiger charge is 2.12. The summed E-state index contributed by atoms with van der Waals surface area (Å²) >= 11 is 0. The van der Waals surface area contributed by atoms with Gasteiger partial charge in [0, 0.05) is 16.3 Å². The van der Waals surface area contributed by atoms with Crippen LogP contribution in [0.1, 0.15) is 0 Å². The number of rotatable bonds is 1. The smallest absolute Gasteiger partial charge is 0.162 e. The summed E-state index contributed by atoms with van der Waals surface area (Å²) < 4.78 is 0. The second-order valence-corrected chi connectivity index (χ2v) is 5.55. The lowest BCUT2D eigenvalue weighted by Gasteiger charge is -2.02. The molecule has 0 fully saturated rings. The number of aromatic hydroxyl groups is 1. The maximum Gasteiger partial charge on any atom is 0.162 e. The van der Waals surface area contributed by atoms with Crippen LogP contribution in [0.2, 0.25) is 0 Å². The number of benzene rings is 2. The van der Waals surface area contributed by atoms with Gasteiger partial charge >= 0.3 is 0 Å². The Balaban J connectivity index is 2.75. The highest BCUT2D eigenvalue weighted by Crippen LogP contribution is 2.25. The van der Waals surface area contributed by atoms with E-state index in [0.29, 0.717) is 5.75 Å². The van der Waals surface area contributed by atoms with Gasteiger partial charge < -0.3 is 5.11 Å². The molecule has 0 aliphatic rings. The minimum Gasteiger partial charge on any atom is -0.508 e. The molecule has 0 saturated carbocycles. The summed E-state index contributed by atoms with van der Waals surface area (Å²) in [7, 11) is 0.258. The van der Waals surface area contributed by atoms with E-state index in [1.165, 1.54) is 10.3 Å². The summed E-state index contributed by atoms with van der Waals surface area (Å²) in [5.74, 6) is 0.335. The van der Waals surface area contributed by atoms with Crippen LogP contribution in [0.5, 0.6) is 5.75 Å². The first-order valence-electron chi connectivity index (χ1n) is 4.48. The van der Waals surface area contributed by atoms with Gasteiger partial charge in [0.15, 0.2) is 4.90 Å². The third kappa shape index (κ3) is 1.58. The van der Waals surface area contributed by atoms with Crippen molar-refractivity contribution in [1.82, 2.24) is 0 Å². The Hall–Kier alpha value is -1.15. The summed E-state index contributed by atoms with van der Waals surface area (Å²) in [6.45, 7) is 0. The average Bonchev–Trinajstić information content (AvgIpc) is 2.16. The van der Waals surface area contributed by atoms with Gasteiger partial charge in [-0.3, -0.25) is 0 Å². The molecular formula is C12H13OS+. The molecular weight excluding hydrogens is 192 g/mol. The normalized spacial score (nSPS) is 11.1. The van der Waals surface area contributed by atoms with E-state index in [1.54, 1.807) is 6.07 Å². The monoisotopic (exact) mass is 205 g/mol. The Labute approximate surface area is 86.7 Å². The molecule has 0 radical (unpaired) electrons. The van der Waals surface area contributed by atoms with Crippen LogP contribution >= 0.6 is 0 Å². The Morgan fingerprint density at radius 1 is 1.07 bits per heavy atom. The number of hydrogen-bond donors (Lipinski definition) is 1. The molecule has 0 amide bonds. The number of phenolic OH excluding ortho intramolecular Hbond substituents is 1. The van der Waals surface area contributed by atoms with Crippen molar-refractivity contribution in [1.29, 1.82) is 0 Å². The minimum atomic E-state index is 0.258. The van der Waals surface area contributed by atoms with Crippen LogP contribution in [-0.4, -0.2) is 17.6 Å². The zero-order chi connectivity index (χ0) is 10.1. The fraction of sp³-hybridized carbons (Fsp3) is 0.167. The first kappa shape index (κ1) is 9.41. The summed E-state index contributed by atoms with van der Waals surface area (Å²) in [5.41, 5.74) is 0. The molecule has 0 spiro atoms. The number of fused-ring (bicyclic) bond motifs is 1. The van der Waals surface area contributed by atoms with Gasteiger partial charge in [-0.1, -0.05) is 12.1 Å². The first-order valence-corrected chi connectivity index (χ1v) is 6.52. The van der Waals surface area contributed by atoms with Crippen LogP contribution in [0.4, 0.5) is 0 Å². The van der Waals surface area contributed by atoms with E-state index in [1.807, 2.05) is 24.3 Å². The average molecular weight is 205 g/mol. The zero-order valence-electron chi connectivity index (χ0n) is 8.32. The van der Waals surface area contributed by atoms with E-state index in [9.17, 15) is 5.11 Å². The van der Waals surface area contributed by atoms with Gasteiger partial charge in [-0.25, -0.2) is 0 Å². The molecule has 2 aromatic carbocycles. The molecule has 0 saturated heterocycles. The molecule has 0 bridgehead atoms. The van der Waals surface area contributed by atoms with Crippen LogP contribution in [0, 0.1) is 0 Å². The van der Waals surface area contributed by atoms with Gasteiger partial charge in [0.1, 0.15) is 18.3 Å². The largest absolute Gasteiger partial charge is 0.508 e. The van der Waals surface area contributed by atoms with Gasteiger partial charge in [-0.15, -0.1) is 0 Å². The fourth-order valence-electron chi connectivity index (χ4n) is 1.60. The molecule has 0 aliphatic heterocycles. The lowest BCUT2D eigenvalue weighted by Crippen LogP contribution is -1.96. The van der Waals surface area contributed by atoms with Gasteiger partial charge in [0.2, 0.25) is 0 Å². The minimum absolute atomic E-state index is 0.258. The van der Waals surface area contributed by atoms with Crippen LogP contribution in [0.3, 0.4) is 0 Å². The SMILES string of the molecule is C[S+](C)c1cccc2cc(O)ccc12. The van der Waals surface area contributed by atoms with Crippen molar-refractivity contribution in [3.05, 3.63) is 36.4 Å². The van der Waals surface area contributed by atoms with Crippen LogP contribution in [0.15, 0.2) is 41.3 Å². The molecule has 2 aromatic rings. The van der Waals surface area contributed by atoms with Crippen LogP contribution < -0.4 is 0 Å².